The summed E-state index contributed by atoms with van der Waals surface area (Å²) >= 11 is 8.83. The van der Waals surface area contributed by atoms with E-state index in [-0.39, 0.29) is 6.61 Å². The number of rotatable bonds is 3. The van der Waals surface area contributed by atoms with Gasteiger partial charge in [0.15, 0.2) is 0 Å². The predicted molar refractivity (Wildman–Crippen MR) is 64.5 cm³/mol. The maximum absolute atomic E-state index is 8.89. The van der Waals surface area contributed by atoms with E-state index >= 15 is 0 Å². The monoisotopic (exact) mass is 260 g/mol. The molecule has 0 amide bonds. The number of nitrogens with two attached hydrogens (primary N) is 1. The number of aliphatic hydroxyl groups is 1. The number of aromatic nitrogens is 1. The Morgan fingerprint density at radius 3 is 2.93 bits per heavy atom. The Balaban J connectivity index is 2.27. The zero-order valence-electron chi connectivity index (χ0n) is 7.68. The van der Waals surface area contributed by atoms with Gasteiger partial charge in [-0.3, -0.25) is 0 Å². The fourth-order valence-corrected chi connectivity index (χ4v) is 3.09. The molecule has 0 saturated carbocycles. The Morgan fingerprint density at radius 2 is 2.33 bits per heavy atom. The van der Waals surface area contributed by atoms with Crippen molar-refractivity contribution in [1.29, 1.82) is 0 Å². The van der Waals surface area contributed by atoms with E-state index in [4.69, 9.17) is 22.4 Å². The molecule has 1 atom stereocenters. The normalized spacial score (nSPS) is 13.0. The quantitative estimate of drug-likeness (QED) is 0.892. The Kier molecular flexibility index (Phi) is 3.38. The van der Waals surface area contributed by atoms with Crippen molar-refractivity contribution < 1.29 is 5.11 Å². The van der Waals surface area contributed by atoms with Crippen LogP contribution in [0.25, 0.3) is 9.88 Å². The standard InChI is InChI=1S/C9H9ClN2OS2/c10-8-2-1-7(15-8)9-12-6(4-14-9)5(11)3-13/h1-2,4-5,13H,3,11H2. The molecule has 0 saturated heterocycles. The van der Waals surface area contributed by atoms with Crippen molar-refractivity contribution in [2.45, 2.75) is 6.04 Å². The summed E-state index contributed by atoms with van der Waals surface area (Å²) in [4.78, 5) is 5.38. The van der Waals surface area contributed by atoms with E-state index in [1.54, 1.807) is 0 Å². The summed E-state index contributed by atoms with van der Waals surface area (Å²) in [6.07, 6.45) is 0. The van der Waals surface area contributed by atoms with Gasteiger partial charge < -0.3 is 10.8 Å². The lowest BCUT2D eigenvalue weighted by Crippen LogP contribution is -2.14. The molecule has 0 radical (unpaired) electrons. The highest BCUT2D eigenvalue weighted by molar-refractivity contribution is 7.23. The molecule has 80 valence electrons. The summed E-state index contributed by atoms with van der Waals surface area (Å²) < 4.78 is 0.744. The van der Waals surface area contributed by atoms with Gasteiger partial charge in [0.1, 0.15) is 5.01 Å². The Bertz CT molecular complexity index is 454. The third kappa shape index (κ3) is 2.38. The zero-order valence-corrected chi connectivity index (χ0v) is 10.1. The van der Waals surface area contributed by atoms with E-state index in [1.165, 1.54) is 22.7 Å². The van der Waals surface area contributed by atoms with Crippen molar-refractivity contribution in [3.63, 3.8) is 0 Å². The Labute approximate surface area is 100 Å². The van der Waals surface area contributed by atoms with Crippen LogP contribution in [0.1, 0.15) is 11.7 Å². The van der Waals surface area contributed by atoms with Gasteiger partial charge in [-0.25, -0.2) is 4.98 Å². The van der Waals surface area contributed by atoms with Crippen LogP contribution >= 0.6 is 34.3 Å². The second kappa shape index (κ2) is 4.59. The summed E-state index contributed by atoms with van der Waals surface area (Å²) in [5.74, 6) is 0. The molecule has 2 rings (SSSR count). The minimum atomic E-state index is -0.398. The van der Waals surface area contributed by atoms with Gasteiger partial charge in [0.2, 0.25) is 0 Å². The minimum absolute atomic E-state index is 0.0889. The number of thiazole rings is 1. The first kappa shape index (κ1) is 11.0. The molecule has 1 unspecified atom stereocenters. The summed E-state index contributed by atoms with van der Waals surface area (Å²) in [6.45, 7) is -0.0889. The van der Waals surface area contributed by atoms with Crippen LogP contribution in [0.4, 0.5) is 0 Å². The molecule has 6 heteroatoms. The highest BCUT2D eigenvalue weighted by Gasteiger charge is 2.11. The molecule has 0 aliphatic carbocycles. The Hall–Kier alpha value is -0.460. The van der Waals surface area contributed by atoms with Gasteiger partial charge in [0.05, 0.1) is 27.6 Å². The topological polar surface area (TPSA) is 59.1 Å². The van der Waals surface area contributed by atoms with Crippen molar-refractivity contribution >= 4 is 34.3 Å². The number of hydrogen-bond acceptors (Lipinski definition) is 5. The molecule has 15 heavy (non-hydrogen) atoms. The fourth-order valence-electron chi connectivity index (χ4n) is 1.09. The first-order valence-electron chi connectivity index (χ1n) is 4.28. The van der Waals surface area contributed by atoms with E-state index in [9.17, 15) is 0 Å². The summed E-state index contributed by atoms with van der Waals surface area (Å²) in [5.41, 5.74) is 6.39. The van der Waals surface area contributed by atoms with Crippen LogP contribution in [0, 0.1) is 0 Å². The predicted octanol–water partition coefficient (Wildman–Crippen LogP) is 2.52. The highest BCUT2D eigenvalue weighted by Crippen LogP contribution is 2.33. The molecule has 0 fully saturated rings. The van der Waals surface area contributed by atoms with Gasteiger partial charge in [-0.2, -0.15) is 0 Å². The summed E-state index contributed by atoms with van der Waals surface area (Å²) in [5, 5.41) is 11.7. The SMILES string of the molecule is NC(CO)c1csc(-c2ccc(Cl)s2)n1. The molecule has 0 aliphatic rings. The van der Waals surface area contributed by atoms with Gasteiger partial charge in [0.25, 0.3) is 0 Å². The third-order valence-corrected chi connectivity index (χ3v) is 4.14. The van der Waals surface area contributed by atoms with Gasteiger partial charge in [-0.05, 0) is 12.1 Å². The van der Waals surface area contributed by atoms with E-state index < -0.39 is 6.04 Å². The number of nitrogens with zero attached hydrogens (tertiary/aromatic N) is 1. The maximum atomic E-state index is 8.89. The molecule has 3 nitrogen and oxygen atoms in total. The van der Waals surface area contributed by atoms with E-state index in [0.29, 0.717) is 0 Å². The molecule has 0 bridgehead atoms. The third-order valence-electron chi connectivity index (χ3n) is 1.88. The average Bonchev–Trinajstić information content (AvgIpc) is 2.84. The molecule has 3 N–H and O–H groups in total. The van der Waals surface area contributed by atoms with E-state index in [1.807, 2.05) is 17.5 Å². The summed E-state index contributed by atoms with van der Waals surface area (Å²) in [6, 6.07) is 3.37. The van der Waals surface area contributed by atoms with Crippen molar-refractivity contribution in [3.05, 3.63) is 27.5 Å². The first-order valence-corrected chi connectivity index (χ1v) is 6.35. The van der Waals surface area contributed by atoms with Gasteiger partial charge in [-0.1, -0.05) is 11.6 Å². The second-order valence-corrected chi connectivity index (χ2v) is 5.54. The number of thiophene rings is 1. The molecular formula is C9H9ClN2OS2. The minimum Gasteiger partial charge on any atom is -0.394 e. The molecule has 0 aliphatic heterocycles. The van der Waals surface area contributed by atoms with E-state index in [2.05, 4.69) is 4.98 Å². The molecule has 0 spiro atoms. The lowest BCUT2D eigenvalue weighted by Gasteiger charge is -2.01. The molecule has 2 aromatic heterocycles. The van der Waals surface area contributed by atoms with Crippen LogP contribution in [0.5, 0.6) is 0 Å². The summed E-state index contributed by atoms with van der Waals surface area (Å²) in [7, 11) is 0. The number of halogens is 1. The van der Waals surface area contributed by atoms with Crippen molar-refractivity contribution in [3.8, 4) is 9.88 Å². The van der Waals surface area contributed by atoms with Crippen molar-refractivity contribution in [2.24, 2.45) is 5.73 Å². The van der Waals surface area contributed by atoms with Crippen LogP contribution in [0.3, 0.4) is 0 Å². The van der Waals surface area contributed by atoms with Crippen LogP contribution < -0.4 is 5.73 Å². The fraction of sp³-hybridized carbons (Fsp3) is 0.222. The van der Waals surface area contributed by atoms with Crippen LogP contribution in [0.15, 0.2) is 17.5 Å². The zero-order chi connectivity index (χ0) is 10.8. The van der Waals surface area contributed by atoms with Crippen LogP contribution in [-0.4, -0.2) is 16.7 Å². The largest absolute Gasteiger partial charge is 0.394 e. The first-order chi connectivity index (χ1) is 7.20. The molecular weight excluding hydrogens is 252 g/mol. The Morgan fingerprint density at radius 1 is 1.53 bits per heavy atom. The lowest BCUT2D eigenvalue weighted by atomic mass is 10.3. The van der Waals surface area contributed by atoms with Gasteiger partial charge in [-0.15, -0.1) is 22.7 Å². The smallest absolute Gasteiger partial charge is 0.133 e. The molecule has 2 heterocycles. The van der Waals surface area contributed by atoms with Crippen molar-refractivity contribution in [2.75, 3.05) is 6.61 Å². The van der Waals surface area contributed by atoms with Gasteiger partial charge >= 0.3 is 0 Å². The number of hydrogen-bond donors (Lipinski definition) is 2. The molecule has 0 aromatic carbocycles. The van der Waals surface area contributed by atoms with Crippen LogP contribution in [0.2, 0.25) is 4.34 Å². The average molecular weight is 261 g/mol. The lowest BCUT2D eigenvalue weighted by molar-refractivity contribution is 0.266. The van der Waals surface area contributed by atoms with Gasteiger partial charge in [0, 0.05) is 5.38 Å². The highest BCUT2D eigenvalue weighted by atomic mass is 35.5. The maximum Gasteiger partial charge on any atom is 0.133 e. The van der Waals surface area contributed by atoms with Crippen molar-refractivity contribution in [1.82, 2.24) is 4.98 Å². The molecule has 2 aromatic rings. The van der Waals surface area contributed by atoms with E-state index in [0.717, 1.165) is 19.9 Å². The van der Waals surface area contributed by atoms with Crippen LogP contribution in [-0.2, 0) is 0 Å². The number of aliphatic hydroxyl groups excluding tert-OH is 1. The second-order valence-electron chi connectivity index (χ2n) is 2.97.